The van der Waals surface area contributed by atoms with Crippen molar-refractivity contribution in [2.75, 3.05) is 32.1 Å². The quantitative estimate of drug-likeness (QED) is 0.500. The summed E-state index contributed by atoms with van der Waals surface area (Å²) in [5.41, 5.74) is 2.10. The molecule has 0 aliphatic heterocycles. The molecule has 6 nitrogen and oxygen atoms in total. The van der Waals surface area contributed by atoms with Crippen LogP contribution in [0.15, 0.2) is 23.2 Å². The van der Waals surface area contributed by atoms with E-state index >= 15 is 0 Å². The highest BCUT2D eigenvalue weighted by Gasteiger charge is 2.08. The van der Waals surface area contributed by atoms with Crippen molar-refractivity contribution in [3.05, 3.63) is 33.8 Å². The molecule has 0 unspecified atom stereocenters. The molecule has 148 valence electrons. The van der Waals surface area contributed by atoms with Gasteiger partial charge in [0.2, 0.25) is 0 Å². The molecule has 0 aliphatic rings. The van der Waals surface area contributed by atoms with Crippen LogP contribution in [0.4, 0.5) is 5.69 Å². The van der Waals surface area contributed by atoms with Crippen molar-refractivity contribution < 1.29 is 9.47 Å². The topological polar surface area (TPSA) is 67.8 Å². The van der Waals surface area contributed by atoms with E-state index in [0.717, 1.165) is 41.8 Å². The summed E-state index contributed by atoms with van der Waals surface area (Å²) < 4.78 is 11.0. The molecule has 2 rings (SSSR count). The molecule has 0 saturated carbocycles. The standard InChI is InChI=1S/C20H30N4O2S/c1-6-16-14(4)27-19(24-16)11-12-22-20(21-7-2)23-15-9-10-17(26-8-3)18(13-15)25-5/h9-10,13H,6-8,11-12H2,1-5H3,(H2,21,22,23). The number of aryl methyl sites for hydroxylation is 2. The van der Waals surface area contributed by atoms with Gasteiger partial charge in [-0.25, -0.2) is 4.98 Å². The third kappa shape index (κ3) is 6.13. The van der Waals surface area contributed by atoms with Crippen LogP contribution >= 0.6 is 11.3 Å². The Morgan fingerprint density at radius 2 is 2.04 bits per heavy atom. The summed E-state index contributed by atoms with van der Waals surface area (Å²) in [6.45, 7) is 10.3. The number of anilines is 1. The van der Waals surface area contributed by atoms with Gasteiger partial charge in [-0.2, -0.15) is 0 Å². The summed E-state index contributed by atoms with van der Waals surface area (Å²) in [6.07, 6.45) is 1.82. The van der Waals surface area contributed by atoms with Gasteiger partial charge in [0.25, 0.3) is 0 Å². The maximum Gasteiger partial charge on any atom is 0.195 e. The van der Waals surface area contributed by atoms with Crippen LogP contribution in [0.3, 0.4) is 0 Å². The van der Waals surface area contributed by atoms with Gasteiger partial charge >= 0.3 is 0 Å². The number of methoxy groups -OCH3 is 1. The van der Waals surface area contributed by atoms with Crippen molar-refractivity contribution in [3.63, 3.8) is 0 Å². The minimum absolute atomic E-state index is 0.600. The normalized spacial score (nSPS) is 11.4. The van der Waals surface area contributed by atoms with Crippen LogP contribution in [0, 0.1) is 6.92 Å². The summed E-state index contributed by atoms with van der Waals surface area (Å²) in [6, 6.07) is 5.77. The second-order valence-electron chi connectivity index (χ2n) is 5.90. The highest BCUT2D eigenvalue weighted by molar-refractivity contribution is 7.11. The number of aromatic nitrogens is 1. The van der Waals surface area contributed by atoms with E-state index in [4.69, 9.17) is 9.47 Å². The molecule has 0 spiro atoms. The van der Waals surface area contributed by atoms with Crippen molar-refractivity contribution >= 4 is 23.0 Å². The van der Waals surface area contributed by atoms with Crippen LogP contribution in [-0.2, 0) is 12.8 Å². The molecule has 27 heavy (non-hydrogen) atoms. The summed E-state index contributed by atoms with van der Waals surface area (Å²) >= 11 is 1.77. The number of benzene rings is 1. The SMILES string of the molecule is CCNC(=NCCc1nc(CC)c(C)s1)Nc1ccc(OCC)c(OC)c1. The largest absolute Gasteiger partial charge is 0.493 e. The molecule has 2 N–H and O–H groups in total. The van der Waals surface area contributed by atoms with Crippen LogP contribution in [0.2, 0.25) is 0 Å². The van der Waals surface area contributed by atoms with Gasteiger partial charge in [0.15, 0.2) is 17.5 Å². The molecule has 0 fully saturated rings. The Kier molecular flexibility index (Phi) is 8.39. The van der Waals surface area contributed by atoms with Crippen LogP contribution < -0.4 is 20.1 Å². The summed E-state index contributed by atoms with van der Waals surface area (Å²) in [5, 5.41) is 7.74. The van der Waals surface area contributed by atoms with Gasteiger partial charge in [-0.05, 0) is 39.3 Å². The molecule has 0 aliphatic carbocycles. The Morgan fingerprint density at radius 3 is 2.67 bits per heavy atom. The number of hydrogen-bond acceptors (Lipinski definition) is 5. The molecule has 0 amide bonds. The van der Waals surface area contributed by atoms with Gasteiger partial charge < -0.3 is 20.1 Å². The summed E-state index contributed by atoms with van der Waals surface area (Å²) in [5.74, 6) is 2.18. The number of rotatable bonds is 9. The fraction of sp³-hybridized carbons (Fsp3) is 0.500. The summed E-state index contributed by atoms with van der Waals surface area (Å²) in [7, 11) is 1.64. The van der Waals surface area contributed by atoms with Crippen LogP contribution in [-0.4, -0.2) is 37.7 Å². The smallest absolute Gasteiger partial charge is 0.195 e. The van der Waals surface area contributed by atoms with Crippen LogP contribution in [0.5, 0.6) is 11.5 Å². The number of ether oxygens (including phenoxy) is 2. The zero-order valence-electron chi connectivity index (χ0n) is 16.9. The molecule has 1 aromatic heterocycles. The van der Waals surface area contributed by atoms with Crippen LogP contribution in [0.25, 0.3) is 0 Å². The third-order valence-corrected chi connectivity index (χ3v) is 5.01. The lowest BCUT2D eigenvalue weighted by Gasteiger charge is -2.14. The number of nitrogens with one attached hydrogen (secondary N) is 2. The van der Waals surface area contributed by atoms with E-state index in [0.29, 0.717) is 18.9 Å². The Bertz CT molecular complexity index is 758. The maximum atomic E-state index is 5.57. The second kappa shape index (κ2) is 10.8. The Hall–Kier alpha value is -2.28. The molecule has 0 saturated heterocycles. The van der Waals surface area contributed by atoms with Crippen molar-refractivity contribution in [1.29, 1.82) is 0 Å². The van der Waals surface area contributed by atoms with Crippen molar-refractivity contribution in [1.82, 2.24) is 10.3 Å². The fourth-order valence-electron chi connectivity index (χ4n) is 2.65. The molecule has 7 heteroatoms. The van der Waals surface area contributed by atoms with E-state index < -0.39 is 0 Å². The predicted molar refractivity (Wildman–Crippen MR) is 114 cm³/mol. The molecular weight excluding hydrogens is 360 g/mol. The number of hydrogen-bond donors (Lipinski definition) is 2. The Morgan fingerprint density at radius 1 is 1.22 bits per heavy atom. The van der Waals surface area contributed by atoms with Gasteiger partial charge in [0.05, 0.1) is 24.4 Å². The van der Waals surface area contributed by atoms with E-state index in [2.05, 4.69) is 34.5 Å². The number of thiazole rings is 1. The van der Waals surface area contributed by atoms with Crippen molar-refractivity contribution in [2.45, 2.75) is 40.5 Å². The van der Waals surface area contributed by atoms with Gasteiger partial charge in [-0.15, -0.1) is 11.3 Å². The molecular formula is C20H30N4O2S. The van der Waals surface area contributed by atoms with E-state index in [9.17, 15) is 0 Å². The average Bonchev–Trinajstić information content (AvgIpc) is 3.03. The molecule has 2 aromatic rings. The third-order valence-electron chi connectivity index (χ3n) is 3.94. The first kappa shape index (κ1) is 21.0. The van der Waals surface area contributed by atoms with Gasteiger partial charge in [0.1, 0.15) is 0 Å². The monoisotopic (exact) mass is 390 g/mol. The lowest BCUT2D eigenvalue weighted by atomic mass is 10.2. The lowest BCUT2D eigenvalue weighted by molar-refractivity contribution is 0.311. The zero-order chi connectivity index (χ0) is 19.6. The second-order valence-corrected chi connectivity index (χ2v) is 7.19. The molecule has 1 heterocycles. The average molecular weight is 391 g/mol. The number of nitrogens with zero attached hydrogens (tertiary/aromatic N) is 2. The van der Waals surface area contributed by atoms with Crippen molar-refractivity contribution in [3.8, 4) is 11.5 Å². The minimum atomic E-state index is 0.600. The highest BCUT2D eigenvalue weighted by Crippen LogP contribution is 2.30. The van der Waals surface area contributed by atoms with Gasteiger partial charge in [0, 0.05) is 36.1 Å². The van der Waals surface area contributed by atoms with E-state index in [-0.39, 0.29) is 0 Å². The fourth-order valence-corrected chi connectivity index (χ4v) is 3.66. The minimum Gasteiger partial charge on any atom is -0.493 e. The Labute approximate surface area is 166 Å². The highest BCUT2D eigenvalue weighted by atomic mass is 32.1. The first-order valence-electron chi connectivity index (χ1n) is 9.42. The number of guanidine groups is 1. The molecule has 1 aromatic carbocycles. The molecule has 0 bridgehead atoms. The van der Waals surface area contributed by atoms with Gasteiger partial charge in [-0.1, -0.05) is 6.92 Å². The first-order valence-corrected chi connectivity index (χ1v) is 10.2. The summed E-state index contributed by atoms with van der Waals surface area (Å²) in [4.78, 5) is 10.7. The Balaban J connectivity index is 2.04. The van der Waals surface area contributed by atoms with Gasteiger partial charge in [-0.3, -0.25) is 4.99 Å². The number of aliphatic imine (C=N–C) groups is 1. The van der Waals surface area contributed by atoms with E-state index in [1.807, 2.05) is 32.0 Å². The maximum absolute atomic E-state index is 5.57. The van der Waals surface area contributed by atoms with E-state index in [1.54, 1.807) is 18.4 Å². The first-order chi connectivity index (χ1) is 13.1. The van der Waals surface area contributed by atoms with Crippen LogP contribution in [0.1, 0.15) is 36.3 Å². The zero-order valence-corrected chi connectivity index (χ0v) is 17.7. The van der Waals surface area contributed by atoms with Crippen molar-refractivity contribution in [2.24, 2.45) is 4.99 Å². The van der Waals surface area contributed by atoms with E-state index in [1.165, 1.54) is 10.6 Å². The molecule has 0 atom stereocenters. The predicted octanol–water partition coefficient (Wildman–Crippen LogP) is 4.04. The molecule has 0 radical (unpaired) electrons. The lowest BCUT2D eigenvalue weighted by Crippen LogP contribution is -2.30.